The van der Waals surface area contributed by atoms with Crippen molar-refractivity contribution in [2.45, 2.75) is 37.5 Å². The Balaban J connectivity index is 2.04. The molecule has 0 aliphatic heterocycles. The second-order valence-electron chi connectivity index (χ2n) is 5.89. The Kier molecular flexibility index (Phi) is 3.44. The van der Waals surface area contributed by atoms with Gasteiger partial charge in [0.1, 0.15) is 0 Å². The van der Waals surface area contributed by atoms with Crippen molar-refractivity contribution >= 4 is 10.8 Å². The zero-order valence-corrected chi connectivity index (χ0v) is 11.5. The van der Waals surface area contributed by atoms with Gasteiger partial charge in [-0.1, -0.05) is 42.5 Å². The highest BCUT2D eigenvalue weighted by molar-refractivity contribution is 5.86. The summed E-state index contributed by atoms with van der Waals surface area (Å²) in [5.41, 5.74) is -0.770. The van der Waals surface area contributed by atoms with Crippen molar-refractivity contribution in [3.05, 3.63) is 48.0 Å². The first-order valence-corrected chi connectivity index (χ1v) is 7.17. The van der Waals surface area contributed by atoms with Crippen molar-refractivity contribution in [2.24, 2.45) is 5.92 Å². The van der Waals surface area contributed by atoms with Crippen LogP contribution < -0.4 is 0 Å². The van der Waals surface area contributed by atoms with Crippen molar-refractivity contribution in [3.8, 4) is 0 Å². The van der Waals surface area contributed by atoms with E-state index in [1.807, 2.05) is 30.3 Å². The van der Waals surface area contributed by atoms with E-state index in [1.54, 1.807) is 12.1 Å². The average Bonchev–Trinajstić information content (AvgIpc) is 2.46. The third-order valence-electron chi connectivity index (χ3n) is 4.48. The Morgan fingerprint density at radius 3 is 2.52 bits per heavy atom. The van der Waals surface area contributed by atoms with E-state index in [2.05, 4.69) is 0 Å². The predicted octanol–water partition coefficient (Wildman–Crippen LogP) is 4.78. The summed E-state index contributed by atoms with van der Waals surface area (Å²) in [5, 5.41) is 12.7. The summed E-state index contributed by atoms with van der Waals surface area (Å²) in [7, 11) is 0. The van der Waals surface area contributed by atoms with Crippen molar-refractivity contribution in [3.63, 3.8) is 0 Å². The number of benzene rings is 2. The van der Waals surface area contributed by atoms with Gasteiger partial charge < -0.3 is 5.11 Å². The summed E-state index contributed by atoms with van der Waals surface area (Å²) in [6, 6.07) is 13.0. The Morgan fingerprint density at radius 1 is 1.05 bits per heavy atom. The summed E-state index contributed by atoms with van der Waals surface area (Å²) < 4.78 is 39.0. The molecule has 0 amide bonds. The molecular weight excluding hydrogens is 277 g/mol. The molecule has 0 radical (unpaired) electrons. The van der Waals surface area contributed by atoms with Crippen LogP contribution in [0.25, 0.3) is 10.8 Å². The zero-order valence-electron chi connectivity index (χ0n) is 11.5. The van der Waals surface area contributed by atoms with Gasteiger partial charge >= 0.3 is 6.18 Å². The van der Waals surface area contributed by atoms with Gasteiger partial charge in [-0.2, -0.15) is 13.2 Å². The number of rotatable bonds is 1. The molecule has 4 heteroatoms. The number of hydrogen-bond acceptors (Lipinski definition) is 1. The predicted molar refractivity (Wildman–Crippen MR) is 75.9 cm³/mol. The molecule has 1 fully saturated rings. The van der Waals surface area contributed by atoms with Gasteiger partial charge in [-0.05, 0) is 42.0 Å². The van der Waals surface area contributed by atoms with Gasteiger partial charge in [0.25, 0.3) is 0 Å². The Labute approximate surface area is 121 Å². The van der Waals surface area contributed by atoms with Crippen molar-refractivity contribution in [2.75, 3.05) is 0 Å². The fourth-order valence-electron chi connectivity index (χ4n) is 3.41. The maximum Gasteiger partial charge on any atom is 0.391 e. The first kappa shape index (κ1) is 14.4. The minimum absolute atomic E-state index is 0.108. The van der Waals surface area contributed by atoms with E-state index in [-0.39, 0.29) is 12.8 Å². The first-order chi connectivity index (χ1) is 9.90. The number of aliphatic hydroxyl groups is 1. The molecular formula is C17H17F3O. The van der Waals surface area contributed by atoms with E-state index in [0.29, 0.717) is 18.4 Å². The Bertz CT molecular complexity index is 645. The number of halogens is 3. The van der Waals surface area contributed by atoms with E-state index in [9.17, 15) is 18.3 Å². The van der Waals surface area contributed by atoms with E-state index in [0.717, 1.165) is 10.8 Å². The maximum absolute atomic E-state index is 13.0. The molecule has 2 aromatic carbocycles. The maximum atomic E-state index is 13.0. The van der Waals surface area contributed by atoms with Crippen molar-refractivity contribution in [1.82, 2.24) is 0 Å². The Morgan fingerprint density at radius 2 is 1.76 bits per heavy atom. The molecule has 2 aromatic rings. The lowest BCUT2D eigenvalue weighted by molar-refractivity contribution is -0.201. The summed E-state index contributed by atoms with van der Waals surface area (Å²) in [6.45, 7) is 0. The van der Waals surface area contributed by atoms with Gasteiger partial charge in [-0.25, -0.2) is 0 Å². The Hall–Kier alpha value is -1.55. The molecule has 0 bridgehead atoms. The summed E-state index contributed by atoms with van der Waals surface area (Å²) in [4.78, 5) is 0. The molecule has 0 saturated heterocycles. The second-order valence-corrected chi connectivity index (χ2v) is 5.89. The second kappa shape index (κ2) is 5.02. The van der Waals surface area contributed by atoms with Gasteiger partial charge in [-0.3, -0.25) is 0 Å². The van der Waals surface area contributed by atoms with E-state index < -0.39 is 17.7 Å². The van der Waals surface area contributed by atoms with Gasteiger partial charge in [0.05, 0.1) is 11.5 Å². The van der Waals surface area contributed by atoms with Crippen molar-refractivity contribution < 1.29 is 18.3 Å². The SMILES string of the molecule is OC1(c2cccc3ccccc23)CCCC(C(F)(F)F)C1. The van der Waals surface area contributed by atoms with Crippen LogP contribution in [0.4, 0.5) is 13.2 Å². The molecule has 21 heavy (non-hydrogen) atoms. The molecule has 1 aliphatic rings. The molecule has 0 aromatic heterocycles. The van der Waals surface area contributed by atoms with Crippen LogP contribution in [-0.2, 0) is 5.60 Å². The van der Waals surface area contributed by atoms with Gasteiger partial charge in [0.15, 0.2) is 0 Å². The van der Waals surface area contributed by atoms with Crippen molar-refractivity contribution in [1.29, 1.82) is 0 Å². The lowest BCUT2D eigenvalue weighted by Gasteiger charge is -2.38. The third-order valence-corrected chi connectivity index (χ3v) is 4.48. The standard InChI is InChI=1S/C17H17F3O/c18-17(19,20)13-7-4-10-16(21,11-13)15-9-3-6-12-5-1-2-8-14(12)15/h1-3,5-6,8-9,13,21H,4,7,10-11H2. The molecule has 1 saturated carbocycles. The van der Waals surface area contributed by atoms with Crippen LogP contribution in [0.1, 0.15) is 31.2 Å². The van der Waals surface area contributed by atoms with Gasteiger partial charge in [0.2, 0.25) is 0 Å². The molecule has 3 rings (SSSR count). The minimum atomic E-state index is -4.24. The lowest BCUT2D eigenvalue weighted by Crippen LogP contribution is -2.38. The molecule has 112 valence electrons. The molecule has 0 spiro atoms. The highest BCUT2D eigenvalue weighted by atomic mass is 19.4. The van der Waals surface area contributed by atoms with Crippen LogP contribution in [-0.4, -0.2) is 11.3 Å². The molecule has 2 atom stereocenters. The minimum Gasteiger partial charge on any atom is -0.385 e. The summed E-state index contributed by atoms with van der Waals surface area (Å²) in [6.07, 6.45) is -3.60. The van der Waals surface area contributed by atoms with Gasteiger partial charge in [0, 0.05) is 0 Å². The molecule has 1 aliphatic carbocycles. The van der Waals surface area contributed by atoms with Crippen LogP contribution in [0.2, 0.25) is 0 Å². The fraction of sp³-hybridized carbons (Fsp3) is 0.412. The smallest absolute Gasteiger partial charge is 0.385 e. The number of hydrogen-bond donors (Lipinski definition) is 1. The largest absolute Gasteiger partial charge is 0.391 e. The zero-order chi connectivity index (χ0) is 15.1. The molecule has 2 unspecified atom stereocenters. The van der Waals surface area contributed by atoms with Crippen LogP contribution in [0.3, 0.4) is 0 Å². The number of alkyl halides is 3. The highest BCUT2D eigenvalue weighted by Gasteiger charge is 2.47. The van der Waals surface area contributed by atoms with Crippen LogP contribution in [0.15, 0.2) is 42.5 Å². The molecule has 0 heterocycles. The number of fused-ring (bicyclic) bond motifs is 1. The first-order valence-electron chi connectivity index (χ1n) is 7.17. The normalized spacial score (nSPS) is 27.0. The van der Waals surface area contributed by atoms with E-state index in [4.69, 9.17) is 0 Å². The molecule has 1 N–H and O–H groups in total. The quantitative estimate of drug-likeness (QED) is 0.802. The molecule has 1 nitrogen and oxygen atoms in total. The lowest BCUT2D eigenvalue weighted by atomic mass is 9.73. The van der Waals surface area contributed by atoms with E-state index >= 15 is 0 Å². The van der Waals surface area contributed by atoms with Crippen LogP contribution in [0, 0.1) is 5.92 Å². The van der Waals surface area contributed by atoms with E-state index in [1.165, 1.54) is 0 Å². The third kappa shape index (κ3) is 2.64. The fourth-order valence-corrected chi connectivity index (χ4v) is 3.41. The summed E-state index contributed by atoms with van der Waals surface area (Å²) in [5.74, 6) is -1.42. The monoisotopic (exact) mass is 294 g/mol. The van der Waals surface area contributed by atoms with Crippen LogP contribution >= 0.6 is 0 Å². The van der Waals surface area contributed by atoms with Crippen LogP contribution in [0.5, 0.6) is 0 Å². The van der Waals surface area contributed by atoms with Gasteiger partial charge in [-0.15, -0.1) is 0 Å². The average molecular weight is 294 g/mol. The topological polar surface area (TPSA) is 20.2 Å². The summed E-state index contributed by atoms with van der Waals surface area (Å²) >= 11 is 0. The highest BCUT2D eigenvalue weighted by Crippen LogP contribution is 2.47.